The highest BCUT2D eigenvalue weighted by atomic mass is 16.5. The molecule has 152 valence electrons. The molecule has 2 amide bonds. The van der Waals surface area contributed by atoms with E-state index in [1.807, 2.05) is 30.3 Å². The second kappa shape index (κ2) is 8.16. The van der Waals surface area contributed by atoms with Crippen LogP contribution in [0.25, 0.3) is 11.4 Å². The highest BCUT2D eigenvalue weighted by Gasteiger charge is 2.33. The molecule has 1 aliphatic heterocycles. The number of rotatable bonds is 5. The van der Waals surface area contributed by atoms with Crippen LogP contribution in [0.3, 0.4) is 0 Å². The number of hydrogen-bond acceptors (Lipinski definition) is 6. The van der Waals surface area contributed by atoms with Gasteiger partial charge in [-0.3, -0.25) is 14.9 Å². The van der Waals surface area contributed by atoms with Crippen LogP contribution in [0.2, 0.25) is 0 Å². The summed E-state index contributed by atoms with van der Waals surface area (Å²) >= 11 is 0. The smallest absolute Gasteiger partial charge is 0.338 e. The van der Waals surface area contributed by atoms with Gasteiger partial charge in [-0.25, -0.2) is 9.48 Å². The van der Waals surface area contributed by atoms with Gasteiger partial charge in [0.25, 0.3) is 0 Å². The molecule has 0 spiro atoms. The molecule has 2 N–H and O–H groups in total. The Balaban J connectivity index is 1.54. The quantitative estimate of drug-likeness (QED) is 0.631. The van der Waals surface area contributed by atoms with E-state index in [0.29, 0.717) is 17.1 Å². The van der Waals surface area contributed by atoms with Crippen LogP contribution >= 0.6 is 0 Å². The van der Waals surface area contributed by atoms with Gasteiger partial charge in [0.1, 0.15) is 6.04 Å². The zero-order chi connectivity index (χ0) is 21.1. The number of hydrogen-bond donors (Lipinski definition) is 2. The normalized spacial score (nSPS) is 15.1. The average Bonchev–Trinajstić information content (AvgIpc) is 3.18. The van der Waals surface area contributed by atoms with Gasteiger partial charge in [0.05, 0.1) is 18.6 Å². The lowest BCUT2D eigenvalue weighted by Gasteiger charge is -2.22. The van der Waals surface area contributed by atoms with Gasteiger partial charge in [0.15, 0.2) is 5.82 Å². The van der Waals surface area contributed by atoms with E-state index < -0.39 is 17.9 Å². The van der Waals surface area contributed by atoms with Crippen LogP contribution in [-0.2, 0) is 14.3 Å². The maximum absolute atomic E-state index is 12.9. The molecular weight excluding hydrogens is 386 g/mol. The van der Waals surface area contributed by atoms with Crippen LogP contribution in [0, 0.1) is 0 Å². The lowest BCUT2D eigenvalue weighted by molar-refractivity contribution is -0.125. The Bertz CT molecular complexity index is 1090. The summed E-state index contributed by atoms with van der Waals surface area (Å²) in [5.74, 6) is -0.501. The van der Waals surface area contributed by atoms with Gasteiger partial charge in [0, 0.05) is 11.3 Å². The number of anilines is 2. The largest absolute Gasteiger partial charge is 0.462 e. The van der Waals surface area contributed by atoms with Crippen molar-refractivity contribution in [2.75, 3.05) is 17.2 Å². The van der Waals surface area contributed by atoms with E-state index in [0.717, 1.165) is 5.56 Å². The summed E-state index contributed by atoms with van der Waals surface area (Å²) in [7, 11) is 0. The minimum Gasteiger partial charge on any atom is -0.462 e. The number of esters is 1. The van der Waals surface area contributed by atoms with E-state index >= 15 is 0 Å². The minimum atomic E-state index is -0.844. The minimum absolute atomic E-state index is 0.0582. The van der Waals surface area contributed by atoms with Gasteiger partial charge in [-0.1, -0.05) is 30.3 Å². The van der Waals surface area contributed by atoms with Crippen LogP contribution in [0.15, 0.2) is 54.6 Å². The first-order chi connectivity index (χ1) is 14.5. The number of fused-ring (bicyclic) bond motifs is 1. The van der Waals surface area contributed by atoms with Gasteiger partial charge >= 0.3 is 5.97 Å². The molecule has 30 heavy (non-hydrogen) atoms. The highest BCUT2D eigenvalue weighted by molar-refractivity contribution is 6.01. The summed E-state index contributed by atoms with van der Waals surface area (Å²) in [4.78, 5) is 41.1. The molecule has 2 aromatic carbocycles. The van der Waals surface area contributed by atoms with Crippen molar-refractivity contribution in [2.24, 2.45) is 0 Å². The molecule has 3 aromatic rings. The predicted octanol–water partition coefficient (Wildman–Crippen LogP) is 2.64. The number of carbonyl (C=O) groups is 3. The van der Waals surface area contributed by atoms with Crippen molar-refractivity contribution in [1.29, 1.82) is 0 Å². The summed E-state index contributed by atoms with van der Waals surface area (Å²) in [6, 6.07) is 14.8. The molecule has 0 saturated heterocycles. The second-order valence-corrected chi connectivity index (χ2v) is 6.62. The van der Waals surface area contributed by atoms with E-state index in [1.54, 1.807) is 31.2 Å². The Morgan fingerprint density at radius 1 is 1.17 bits per heavy atom. The Kier molecular flexibility index (Phi) is 5.25. The number of nitrogens with zero attached hydrogens (tertiary/aromatic N) is 3. The van der Waals surface area contributed by atoms with Crippen LogP contribution in [-0.4, -0.2) is 39.2 Å². The van der Waals surface area contributed by atoms with E-state index in [9.17, 15) is 14.4 Å². The molecule has 0 aliphatic carbocycles. The molecule has 0 fully saturated rings. The molecule has 1 aromatic heterocycles. The van der Waals surface area contributed by atoms with Crippen molar-refractivity contribution >= 4 is 29.4 Å². The van der Waals surface area contributed by atoms with Gasteiger partial charge in [-0.2, -0.15) is 4.98 Å². The van der Waals surface area contributed by atoms with Gasteiger partial charge < -0.3 is 10.1 Å². The molecule has 0 unspecified atom stereocenters. The van der Waals surface area contributed by atoms with Crippen molar-refractivity contribution in [3.8, 4) is 11.4 Å². The molecule has 9 heteroatoms. The monoisotopic (exact) mass is 405 g/mol. The van der Waals surface area contributed by atoms with Crippen LogP contribution in [0.1, 0.15) is 29.7 Å². The van der Waals surface area contributed by atoms with Gasteiger partial charge in [-0.15, -0.1) is 5.10 Å². The van der Waals surface area contributed by atoms with Crippen molar-refractivity contribution in [3.63, 3.8) is 0 Å². The highest BCUT2D eigenvalue weighted by Crippen LogP contribution is 2.27. The fourth-order valence-corrected chi connectivity index (χ4v) is 3.11. The number of aromatic nitrogens is 3. The molecular formula is C21H19N5O4. The fourth-order valence-electron chi connectivity index (χ4n) is 3.11. The van der Waals surface area contributed by atoms with Gasteiger partial charge in [0.2, 0.25) is 17.8 Å². The zero-order valence-electron chi connectivity index (χ0n) is 16.2. The summed E-state index contributed by atoms with van der Waals surface area (Å²) < 4.78 is 6.37. The van der Waals surface area contributed by atoms with Crippen LogP contribution in [0.4, 0.5) is 11.6 Å². The van der Waals surface area contributed by atoms with Crippen molar-refractivity contribution in [2.45, 2.75) is 19.4 Å². The molecule has 2 heterocycles. The zero-order valence-corrected chi connectivity index (χ0v) is 16.2. The predicted molar refractivity (Wildman–Crippen MR) is 109 cm³/mol. The number of benzene rings is 2. The first-order valence-corrected chi connectivity index (χ1v) is 9.45. The fraction of sp³-hybridized carbons (Fsp3) is 0.190. The maximum Gasteiger partial charge on any atom is 0.338 e. The van der Waals surface area contributed by atoms with E-state index in [4.69, 9.17) is 4.74 Å². The number of amides is 2. The maximum atomic E-state index is 12.9. The van der Waals surface area contributed by atoms with E-state index in [1.165, 1.54) is 4.68 Å². The molecule has 9 nitrogen and oxygen atoms in total. The standard InChI is InChI=1S/C21H19N5O4/c1-2-30-20(29)14-8-10-15(11-9-14)22-19(28)16-12-17(27)23-21-24-18(25-26(16)21)13-6-4-3-5-7-13/h3-11,16H,2,12H2,1H3,(H,22,28)(H,23,24,25,27)/t16-/m1/s1. The Morgan fingerprint density at radius 3 is 2.60 bits per heavy atom. The van der Waals surface area contributed by atoms with Crippen LogP contribution < -0.4 is 10.6 Å². The van der Waals surface area contributed by atoms with Gasteiger partial charge in [-0.05, 0) is 31.2 Å². The number of ether oxygens (including phenoxy) is 1. The Labute approximate surface area is 172 Å². The molecule has 0 radical (unpaired) electrons. The van der Waals surface area contributed by atoms with E-state index in [-0.39, 0.29) is 24.9 Å². The summed E-state index contributed by atoms with van der Waals surface area (Å²) in [5.41, 5.74) is 1.66. The average molecular weight is 405 g/mol. The third kappa shape index (κ3) is 3.90. The Hall–Kier alpha value is -4.01. The van der Waals surface area contributed by atoms with Crippen LogP contribution in [0.5, 0.6) is 0 Å². The van der Waals surface area contributed by atoms with Crippen molar-refractivity contribution in [1.82, 2.24) is 14.8 Å². The second-order valence-electron chi connectivity index (χ2n) is 6.62. The molecule has 0 bridgehead atoms. The molecule has 1 aliphatic rings. The number of nitrogens with one attached hydrogen (secondary N) is 2. The lowest BCUT2D eigenvalue weighted by Crippen LogP contribution is -2.36. The molecule has 0 saturated carbocycles. The van der Waals surface area contributed by atoms with Crippen molar-refractivity contribution < 1.29 is 19.1 Å². The molecule has 1 atom stereocenters. The summed E-state index contributed by atoms with van der Waals surface area (Å²) in [5, 5.41) is 9.84. The summed E-state index contributed by atoms with van der Waals surface area (Å²) in [6.45, 7) is 2.01. The molecule has 4 rings (SSSR count). The third-order valence-electron chi connectivity index (χ3n) is 4.55. The summed E-state index contributed by atoms with van der Waals surface area (Å²) in [6.07, 6.45) is -0.0582. The topological polar surface area (TPSA) is 115 Å². The Morgan fingerprint density at radius 2 is 1.90 bits per heavy atom. The SMILES string of the molecule is CCOC(=O)c1ccc(NC(=O)[C@H]2CC(=O)Nc3nc(-c4ccccc4)nn32)cc1. The third-order valence-corrected chi connectivity index (χ3v) is 4.55. The van der Waals surface area contributed by atoms with E-state index in [2.05, 4.69) is 20.7 Å². The first kappa shape index (κ1) is 19.3. The van der Waals surface area contributed by atoms with Crippen molar-refractivity contribution in [3.05, 3.63) is 60.2 Å². The lowest BCUT2D eigenvalue weighted by atomic mass is 10.1. The first-order valence-electron chi connectivity index (χ1n) is 9.45. The number of carbonyl (C=O) groups excluding carboxylic acids is 3.